The molecule has 2 fully saturated rings. The fraction of sp³-hybridized carbons (Fsp3) is 0.385. The van der Waals surface area contributed by atoms with Gasteiger partial charge in [0, 0.05) is 41.4 Å². The van der Waals surface area contributed by atoms with Crippen molar-refractivity contribution in [3.63, 3.8) is 0 Å². The fourth-order valence-electron chi connectivity index (χ4n) is 4.03. The number of hydrogen-bond donors (Lipinski definition) is 2. The molecule has 1 atom stereocenters. The molecule has 4 heterocycles. The van der Waals surface area contributed by atoms with Crippen molar-refractivity contribution < 1.29 is 9.53 Å². The lowest BCUT2D eigenvalue weighted by molar-refractivity contribution is -0.117. The second-order valence-corrected chi connectivity index (χ2v) is 9.26. The number of nitrogens with one attached hydrogen (secondary N) is 2. The quantitative estimate of drug-likeness (QED) is 0.594. The third-order valence-corrected chi connectivity index (χ3v) is 6.32. The van der Waals surface area contributed by atoms with E-state index in [1.165, 1.54) is 0 Å². The minimum Gasteiger partial charge on any atom is -0.378 e. The highest BCUT2D eigenvalue weighted by Gasteiger charge is 2.35. The minimum absolute atomic E-state index is 0.0331. The van der Waals surface area contributed by atoms with Crippen LogP contribution in [0.5, 0.6) is 0 Å². The zero-order chi connectivity index (χ0) is 23.0. The van der Waals surface area contributed by atoms with Crippen LogP contribution in [0.2, 0.25) is 0 Å². The molecule has 1 saturated carbocycles. The minimum atomic E-state index is -0.191. The number of rotatable bonds is 4. The number of carbonyl (C=O) groups is 1. The molecule has 2 N–H and O–H groups in total. The number of aromatic nitrogens is 3. The van der Waals surface area contributed by atoms with E-state index in [-0.39, 0.29) is 23.5 Å². The standard InChI is InChI=1S/C26H27N5O2/c1-16-22-15-29-24(31-25(32)17-4-5-17)12-21(22)18(13-27-16)6-7-19-8-9-20(14-28-19)30-23-10-11-33-26(23,2)3/h8-9,12-15,17,23,30H,4-5,10-11H2,1-3H3,(H,29,31,32)/t23-/m0/s1. The Morgan fingerprint density at radius 2 is 1.91 bits per heavy atom. The van der Waals surface area contributed by atoms with E-state index in [2.05, 4.69) is 51.3 Å². The Kier molecular flexibility index (Phi) is 5.47. The second kappa shape index (κ2) is 8.45. The highest BCUT2D eigenvalue weighted by atomic mass is 16.5. The van der Waals surface area contributed by atoms with Gasteiger partial charge >= 0.3 is 0 Å². The number of carbonyl (C=O) groups excluding carboxylic acids is 1. The summed E-state index contributed by atoms with van der Waals surface area (Å²) in [4.78, 5) is 25.5. The molecule has 1 aliphatic heterocycles. The number of aryl methyl sites for hydroxylation is 1. The van der Waals surface area contributed by atoms with Crippen LogP contribution in [0, 0.1) is 24.7 Å². The third kappa shape index (κ3) is 4.67. The highest BCUT2D eigenvalue weighted by Crippen LogP contribution is 2.31. The van der Waals surface area contributed by atoms with Gasteiger partial charge in [0.25, 0.3) is 0 Å². The molecule has 168 valence electrons. The Hall–Kier alpha value is -3.50. The summed E-state index contributed by atoms with van der Waals surface area (Å²) in [5.74, 6) is 7.03. The van der Waals surface area contributed by atoms with E-state index >= 15 is 0 Å². The molecule has 0 bridgehead atoms. The van der Waals surface area contributed by atoms with E-state index in [1.54, 1.807) is 18.6 Å². The molecule has 2 aliphatic rings. The molecule has 0 unspecified atom stereocenters. The Bertz CT molecular complexity index is 1270. The number of amides is 1. The maximum atomic E-state index is 12.1. The number of ether oxygens (including phenoxy) is 1. The summed E-state index contributed by atoms with van der Waals surface area (Å²) in [5, 5.41) is 8.25. The van der Waals surface area contributed by atoms with Gasteiger partial charge in [0.15, 0.2) is 0 Å². The van der Waals surface area contributed by atoms with Crippen LogP contribution < -0.4 is 10.6 Å². The summed E-state index contributed by atoms with van der Waals surface area (Å²) in [7, 11) is 0. The van der Waals surface area contributed by atoms with Gasteiger partial charge < -0.3 is 15.4 Å². The van der Waals surface area contributed by atoms with Crippen molar-refractivity contribution in [3.8, 4) is 11.8 Å². The van der Waals surface area contributed by atoms with Crippen LogP contribution in [-0.4, -0.2) is 39.1 Å². The van der Waals surface area contributed by atoms with E-state index in [0.29, 0.717) is 11.5 Å². The van der Waals surface area contributed by atoms with Gasteiger partial charge in [-0.1, -0.05) is 5.92 Å². The van der Waals surface area contributed by atoms with Crippen LogP contribution in [0.15, 0.2) is 36.8 Å². The molecular weight excluding hydrogens is 414 g/mol. The molecule has 3 aromatic heterocycles. The van der Waals surface area contributed by atoms with Crippen molar-refractivity contribution in [2.75, 3.05) is 17.2 Å². The van der Waals surface area contributed by atoms with Gasteiger partial charge in [-0.05, 0) is 64.2 Å². The summed E-state index contributed by atoms with van der Waals surface area (Å²) in [6, 6.07) is 6.03. The van der Waals surface area contributed by atoms with Gasteiger partial charge in [-0.2, -0.15) is 0 Å². The summed E-state index contributed by atoms with van der Waals surface area (Å²) in [6.07, 6.45) is 8.19. The van der Waals surface area contributed by atoms with Gasteiger partial charge in [-0.3, -0.25) is 9.78 Å². The Morgan fingerprint density at radius 3 is 2.61 bits per heavy atom. The predicted molar refractivity (Wildman–Crippen MR) is 128 cm³/mol. The Morgan fingerprint density at radius 1 is 1.06 bits per heavy atom. The van der Waals surface area contributed by atoms with E-state index in [0.717, 1.165) is 53.6 Å². The van der Waals surface area contributed by atoms with Crippen molar-refractivity contribution in [1.29, 1.82) is 0 Å². The number of pyridine rings is 3. The first-order chi connectivity index (χ1) is 15.9. The maximum Gasteiger partial charge on any atom is 0.228 e. The fourth-order valence-corrected chi connectivity index (χ4v) is 4.03. The number of hydrogen-bond acceptors (Lipinski definition) is 6. The van der Waals surface area contributed by atoms with Crippen LogP contribution in [0.1, 0.15) is 50.1 Å². The Balaban J connectivity index is 1.37. The SMILES string of the molecule is Cc1ncc(C#Cc2ccc(N[C@H]3CCOC3(C)C)cn2)c2cc(NC(=O)C3CC3)ncc12. The first-order valence-corrected chi connectivity index (χ1v) is 11.3. The summed E-state index contributed by atoms with van der Waals surface area (Å²) < 4.78 is 5.79. The van der Waals surface area contributed by atoms with Crippen LogP contribution in [0.3, 0.4) is 0 Å². The first kappa shape index (κ1) is 21.4. The van der Waals surface area contributed by atoms with Crippen molar-refractivity contribution in [3.05, 3.63) is 53.7 Å². The molecule has 1 saturated heterocycles. The summed E-state index contributed by atoms with van der Waals surface area (Å²) in [6.45, 7) is 6.90. The van der Waals surface area contributed by atoms with Crippen molar-refractivity contribution in [2.45, 2.75) is 51.7 Å². The number of anilines is 2. The lowest BCUT2D eigenvalue weighted by Crippen LogP contribution is -2.37. The molecule has 7 heteroatoms. The van der Waals surface area contributed by atoms with Crippen LogP contribution in [-0.2, 0) is 9.53 Å². The topological polar surface area (TPSA) is 89.0 Å². The van der Waals surface area contributed by atoms with Crippen molar-refractivity contribution in [2.24, 2.45) is 5.92 Å². The largest absolute Gasteiger partial charge is 0.378 e. The molecule has 33 heavy (non-hydrogen) atoms. The van der Waals surface area contributed by atoms with Gasteiger partial charge in [0.1, 0.15) is 11.5 Å². The second-order valence-electron chi connectivity index (χ2n) is 9.26. The van der Waals surface area contributed by atoms with Gasteiger partial charge in [0.2, 0.25) is 5.91 Å². The molecule has 1 amide bonds. The van der Waals surface area contributed by atoms with Gasteiger partial charge in [-0.15, -0.1) is 0 Å². The average Bonchev–Trinajstić information content (AvgIpc) is 3.59. The van der Waals surface area contributed by atoms with Crippen molar-refractivity contribution >= 4 is 28.2 Å². The number of nitrogens with zero attached hydrogens (tertiary/aromatic N) is 3. The lowest BCUT2D eigenvalue weighted by atomic mass is 9.99. The normalized spacial score (nSPS) is 19.1. The monoisotopic (exact) mass is 441 g/mol. The average molecular weight is 442 g/mol. The van der Waals surface area contributed by atoms with E-state index in [1.807, 2.05) is 25.1 Å². The van der Waals surface area contributed by atoms with E-state index < -0.39 is 0 Å². The molecular formula is C26H27N5O2. The smallest absolute Gasteiger partial charge is 0.228 e. The molecule has 0 radical (unpaired) electrons. The van der Waals surface area contributed by atoms with Gasteiger partial charge in [-0.25, -0.2) is 9.97 Å². The van der Waals surface area contributed by atoms with E-state index in [4.69, 9.17) is 4.74 Å². The van der Waals surface area contributed by atoms with Crippen molar-refractivity contribution in [1.82, 2.24) is 15.0 Å². The zero-order valence-corrected chi connectivity index (χ0v) is 19.1. The molecule has 1 aliphatic carbocycles. The molecule has 7 nitrogen and oxygen atoms in total. The van der Waals surface area contributed by atoms with Crippen LogP contribution >= 0.6 is 0 Å². The third-order valence-electron chi connectivity index (χ3n) is 6.32. The summed E-state index contributed by atoms with van der Waals surface area (Å²) >= 11 is 0. The number of fused-ring (bicyclic) bond motifs is 1. The van der Waals surface area contributed by atoms with E-state index in [9.17, 15) is 4.79 Å². The van der Waals surface area contributed by atoms with Gasteiger partial charge in [0.05, 0.1) is 29.1 Å². The maximum absolute atomic E-state index is 12.1. The summed E-state index contributed by atoms with van der Waals surface area (Å²) in [5.41, 5.74) is 3.08. The highest BCUT2D eigenvalue weighted by molar-refractivity contribution is 5.96. The molecule has 5 rings (SSSR count). The molecule has 0 spiro atoms. The lowest BCUT2D eigenvalue weighted by Gasteiger charge is -2.27. The Labute approximate surface area is 193 Å². The molecule has 3 aromatic rings. The van der Waals surface area contributed by atoms with Crippen LogP contribution in [0.25, 0.3) is 10.8 Å². The zero-order valence-electron chi connectivity index (χ0n) is 19.1. The van der Waals surface area contributed by atoms with Crippen LogP contribution in [0.4, 0.5) is 11.5 Å². The molecule has 0 aromatic carbocycles. The predicted octanol–water partition coefficient (Wildman–Crippen LogP) is 4.06. The first-order valence-electron chi connectivity index (χ1n) is 11.3.